The van der Waals surface area contributed by atoms with Crippen molar-refractivity contribution in [2.75, 3.05) is 11.5 Å². The summed E-state index contributed by atoms with van der Waals surface area (Å²) < 4.78 is 15.4. The van der Waals surface area contributed by atoms with Crippen molar-refractivity contribution in [2.24, 2.45) is 7.05 Å². The summed E-state index contributed by atoms with van der Waals surface area (Å²) in [6.07, 6.45) is 7.25. The number of hydrogen-bond acceptors (Lipinski definition) is 7. The molecule has 6 nitrogen and oxygen atoms in total. The summed E-state index contributed by atoms with van der Waals surface area (Å²) in [5.41, 5.74) is 9.72. The Balaban J connectivity index is 1.95. The predicted molar refractivity (Wildman–Crippen MR) is 114 cm³/mol. The van der Waals surface area contributed by atoms with Crippen LogP contribution in [0.25, 0.3) is 32.2 Å². The Labute approximate surface area is 168 Å². The Morgan fingerprint density at radius 3 is 2.89 bits per heavy atom. The lowest BCUT2D eigenvalue weighted by Gasteiger charge is -2.09. The van der Waals surface area contributed by atoms with Crippen LogP contribution in [0.3, 0.4) is 0 Å². The van der Waals surface area contributed by atoms with Crippen LogP contribution in [0.1, 0.15) is 19.8 Å². The van der Waals surface area contributed by atoms with E-state index in [9.17, 15) is 4.55 Å². The number of nitrogens with zero attached hydrogens (tertiary/aromatic N) is 4. The highest BCUT2D eigenvalue weighted by Crippen LogP contribution is 2.43. The molecule has 0 unspecified atom stereocenters. The fourth-order valence-corrected chi connectivity index (χ4v) is 6.31. The number of aromatic nitrogens is 4. The van der Waals surface area contributed by atoms with E-state index in [4.69, 9.17) is 10.7 Å². The van der Waals surface area contributed by atoms with Gasteiger partial charge in [-0.1, -0.05) is 24.7 Å². The molecule has 2 N–H and O–H groups in total. The topological polar surface area (TPSA) is 92.7 Å². The van der Waals surface area contributed by atoms with Gasteiger partial charge in [-0.05, 0) is 23.7 Å². The fraction of sp³-hybridized carbons (Fsp3) is 0.278. The number of nitrogens with two attached hydrogens (primary N) is 1. The van der Waals surface area contributed by atoms with Crippen molar-refractivity contribution in [2.45, 2.75) is 24.0 Å². The minimum absolute atomic E-state index is 0.568. The lowest BCUT2D eigenvalue weighted by Crippen LogP contribution is -2.07. The van der Waals surface area contributed by atoms with Crippen LogP contribution in [0, 0.1) is 0 Å². The number of unbranched alkanes of at least 4 members (excludes halogenated alkanes) is 1. The second-order valence-electron chi connectivity index (χ2n) is 6.17. The summed E-state index contributed by atoms with van der Waals surface area (Å²) in [4.78, 5) is 14.2. The van der Waals surface area contributed by atoms with Crippen LogP contribution < -0.4 is 5.73 Å². The summed E-state index contributed by atoms with van der Waals surface area (Å²) in [6, 6.07) is 2.00. The van der Waals surface area contributed by atoms with Gasteiger partial charge >= 0.3 is 0 Å². The summed E-state index contributed by atoms with van der Waals surface area (Å²) >= 11 is 1.85. The quantitative estimate of drug-likeness (QED) is 0.472. The highest BCUT2D eigenvalue weighted by molar-refractivity contribution is 7.93. The number of anilines is 1. The highest BCUT2D eigenvalue weighted by atomic mass is 32.2. The molecule has 0 fully saturated rings. The Morgan fingerprint density at radius 2 is 2.22 bits per heavy atom. The second kappa shape index (κ2) is 7.59. The summed E-state index contributed by atoms with van der Waals surface area (Å²) in [7, 11) is 1.94. The summed E-state index contributed by atoms with van der Waals surface area (Å²) in [5, 5.41) is 3.63. The number of aryl methyl sites for hydroxylation is 1. The van der Waals surface area contributed by atoms with Gasteiger partial charge in [0.25, 0.3) is 0 Å². The normalized spacial score (nSPS) is 12.7. The van der Waals surface area contributed by atoms with Crippen molar-refractivity contribution in [3.8, 4) is 22.0 Å². The highest BCUT2D eigenvalue weighted by Gasteiger charge is 2.25. The first-order valence-electron chi connectivity index (χ1n) is 8.58. The molecule has 4 rings (SSSR count). The second-order valence-corrected chi connectivity index (χ2v) is 9.83. The summed E-state index contributed by atoms with van der Waals surface area (Å²) in [6.45, 7) is 2.09. The van der Waals surface area contributed by atoms with Crippen LogP contribution in [0.5, 0.6) is 0 Å². The van der Waals surface area contributed by atoms with Gasteiger partial charge in [0, 0.05) is 29.6 Å². The maximum Gasteiger partial charge on any atom is 0.232 e. The Hall–Kier alpha value is -1.94. The smallest absolute Gasteiger partial charge is 0.232 e. The van der Waals surface area contributed by atoms with Gasteiger partial charge in [-0.2, -0.15) is 0 Å². The molecule has 0 amide bonds. The van der Waals surface area contributed by atoms with E-state index in [0.29, 0.717) is 15.6 Å². The number of thiophene rings is 1. The molecule has 140 valence electrons. The molecule has 27 heavy (non-hydrogen) atoms. The molecule has 0 bridgehead atoms. The minimum Gasteiger partial charge on any atom is -0.611 e. The number of imidazole rings is 1. The maximum atomic E-state index is 12.8. The molecular weight excluding hydrogens is 398 g/mol. The van der Waals surface area contributed by atoms with Gasteiger partial charge in [0.1, 0.15) is 27.0 Å². The van der Waals surface area contributed by atoms with E-state index in [0.717, 1.165) is 45.0 Å². The number of hydrogen-bond donors (Lipinski definition) is 1. The minimum atomic E-state index is -1.11. The molecule has 0 saturated heterocycles. The fourth-order valence-electron chi connectivity index (χ4n) is 2.92. The number of rotatable bonds is 6. The van der Waals surface area contributed by atoms with Gasteiger partial charge in [-0.3, -0.25) is 0 Å². The Kier molecular flexibility index (Phi) is 5.18. The summed E-state index contributed by atoms with van der Waals surface area (Å²) in [5.74, 6) is 0.619. The van der Waals surface area contributed by atoms with E-state index >= 15 is 0 Å². The molecule has 0 saturated carbocycles. The molecule has 4 aromatic rings. The SMILES string of the molecule is CCCC[S@@+]([O-])c1sc2nc(-c3nccs3)cc(-c3cncn3C)c2c1N. The van der Waals surface area contributed by atoms with Gasteiger partial charge in [-0.15, -0.1) is 11.3 Å². The van der Waals surface area contributed by atoms with E-state index in [1.165, 1.54) is 11.3 Å². The molecule has 0 radical (unpaired) electrons. The molecule has 4 aromatic heterocycles. The first kappa shape index (κ1) is 18.4. The lowest BCUT2D eigenvalue weighted by molar-refractivity contribution is 0.594. The van der Waals surface area contributed by atoms with Crippen molar-refractivity contribution in [3.63, 3.8) is 0 Å². The molecular formula is C18H19N5OS3. The van der Waals surface area contributed by atoms with Crippen molar-refractivity contribution >= 4 is 49.8 Å². The predicted octanol–water partition coefficient (Wildman–Crippen LogP) is 4.31. The zero-order valence-electron chi connectivity index (χ0n) is 15.0. The van der Waals surface area contributed by atoms with E-state index in [1.807, 2.05) is 29.3 Å². The molecule has 4 heterocycles. The largest absolute Gasteiger partial charge is 0.611 e. The standard InChI is InChI=1S/C18H19N5OS3/c1-3-4-7-27(24)18-15(19)14-11(13-9-20-10-23(13)2)8-12(22-17(14)26-18)16-21-5-6-25-16/h5-6,8-10H,3-4,7,19H2,1-2H3/t27-/m1/s1. The number of nitrogen functional groups attached to an aromatic ring is 1. The van der Waals surface area contributed by atoms with Crippen LogP contribution in [0.4, 0.5) is 5.69 Å². The van der Waals surface area contributed by atoms with Gasteiger partial charge in [0.15, 0.2) is 0 Å². The third-order valence-corrected chi connectivity index (χ3v) is 8.09. The molecule has 0 aliphatic rings. The zero-order chi connectivity index (χ0) is 19.0. The van der Waals surface area contributed by atoms with E-state index in [-0.39, 0.29) is 0 Å². The Morgan fingerprint density at radius 1 is 1.37 bits per heavy atom. The zero-order valence-corrected chi connectivity index (χ0v) is 17.5. The Bertz CT molecular complexity index is 1070. The van der Waals surface area contributed by atoms with E-state index in [1.54, 1.807) is 23.9 Å². The van der Waals surface area contributed by atoms with Crippen LogP contribution in [0.15, 0.2) is 34.4 Å². The van der Waals surface area contributed by atoms with Crippen molar-refractivity contribution in [3.05, 3.63) is 30.2 Å². The maximum absolute atomic E-state index is 12.8. The van der Waals surface area contributed by atoms with Gasteiger partial charge in [0.05, 0.1) is 18.2 Å². The molecule has 1 atom stereocenters. The van der Waals surface area contributed by atoms with Crippen molar-refractivity contribution < 1.29 is 4.55 Å². The molecule has 9 heteroatoms. The van der Waals surface area contributed by atoms with E-state index in [2.05, 4.69) is 16.9 Å². The molecule has 0 spiro atoms. The number of pyridine rings is 1. The van der Waals surface area contributed by atoms with Gasteiger partial charge < -0.3 is 14.9 Å². The molecule has 0 aliphatic heterocycles. The van der Waals surface area contributed by atoms with Crippen LogP contribution in [-0.4, -0.2) is 29.8 Å². The van der Waals surface area contributed by atoms with Crippen LogP contribution in [0.2, 0.25) is 0 Å². The first-order valence-corrected chi connectivity index (χ1v) is 11.6. The monoisotopic (exact) mass is 417 g/mol. The van der Waals surface area contributed by atoms with Crippen LogP contribution in [-0.2, 0) is 18.2 Å². The van der Waals surface area contributed by atoms with Gasteiger partial charge in [0.2, 0.25) is 4.21 Å². The average molecular weight is 418 g/mol. The average Bonchev–Trinajstić information content (AvgIpc) is 3.39. The number of fused-ring (bicyclic) bond motifs is 1. The third kappa shape index (κ3) is 3.36. The number of thiazole rings is 1. The van der Waals surface area contributed by atoms with Crippen LogP contribution >= 0.6 is 22.7 Å². The molecule has 0 aliphatic carbocycles. The van der Waals surface area contributed by atoms with Crippen molar-refractivity contribution in [1.29, 1.82) is 0 Å². The van der Waals surface area contributed by atoms with Gasteiger partial charge in [-0.25, -0.2) is 15.0 Å². The van der Waals surface area contributed by atoms with Crippen molar-refractivity contribution in [1.82, 2.24) is 19.5 Å². The third-order valence-electron chi connectivity index (χ3n) is 4.30. The first-order chi connectivity index (χ1) is 13.1. The lowest BCUT2D eigenvalue weighted by atomic mass is 10.1. The van der Waals surface area contributed by atoms with E-state index < -0.39 is 11.2 Å². The molecule has 0 aromatic carbocycles.